The second-order valence-electron chi connectivity index (χ2n) is 8.72. The molecule has 0 aliphatic carbocycles. The molecule has 3 nitrogen and oxygen atoms in total. The zero-order chi connectivity index (χ0) is 19.7. The molecule has 1 atom stereocenters. The van der Waals surface area contributed by atoms with E-state index in [1.54, 1.807) is 0 Å². The van der Waals surface area contributed by atoms with Gasteiger partial charge in [0.05, 0.1) is 0 Å². The Bertz CT molecular complexity index is 305. The predicted octanol–water partition coefficient (Wildman–Crippen LogP) is 6.79. The largest absolute Gasteiger partial charge is 0.459 e. The van der Waals surface area contributed by atoms with E-state index in [0.29, 0.717) is 0 Å². The summed E-state index contributed by atoms with van der Waals surface area (Å²) >= 11 is 0. The van der Waals surface area contributed by atoms with E-state index in [0.717, 1.165) is 25.8 Å². The molecule has 0 amide bonds. The lowest BCUT2D eigenvalue weighted by Crippen LogP contribution is -2.41. The molecule has 1 unspecified atom stereocenters. The van der Waals surface area contributed by atoms with Crippen molar-refractivity contribution in [3.8, 4) is 0 Å². The third-order valence-corrected chi connectivity index (χ3v) is 4.71. The topological polar surface area (TPSA) is 38.3 Å². The molecule has 0 rings (SSSR count). The average molecular weight is 370 g/mol. The van der Waals surface area contributed by atoms with Crippen molar-refractivity contribution in [1.82, 2.24) is 5.32 Å². The minimum absolute atomic E-state index is 0.0746. The van der Waals surface area contributed by atoms with Crippen LogP contribution in [0.5, 0.6) is 0 Å². The zero-order valence-electron chi connectivity index (χ0n) is 18.5. The van der Waals surface area contributed by atoms with Gasteiger partial charge in [-0.1, -0.05) is 90.9 Å². The molecular weight excluding hydrogens is 322 g/mol. The van der Waals surface area contributed by atoms with Crippen LogP contribution in [0.2, 0.25) is 0 Å². The summed E-state index contributed by atoms with van der Waals surface area (Å²) in [6.45, 7) is 11.3. The van der Waals surface area contributed by atoms with Gasteiger partial charge in [0.2, 0.25) is 0 Å². The van der Waals surface area contributed by atoms with E-state index >= 15 is 0 Å². The Morgan fingerprint density at radius 1 is 0.769 bits per heavy atom. The molecule has 26 heavy (non-hydrogen) atoms. The second-order valence-corrected chi connectivity index (χ2v) is 8.72. The van der Waals surface area contributed by atoms with Crippen molar-refractivity contribution in [3.05, 3.63) is 0 Å². The van der Waals surface area contributed by atoms with Crippen LogP contribution in [0.25, 0.3) is 0 Å². The van der Waals surface area contributed by atoms with Crippen molar-refractivity contribution in [2.45, 2.75) is 136 Å². The molecule has 1 N–H and O–H groups in total. The van der Waals surface area contributed by atoms with Crippen LogP contribution in [0.15, 0.2) is 0 Å². The van der Waals surface area contributed by atoms with Gasteiger partial charge in [0.15, 0.2) is 0 Å². The fraction of sp³-hybridized carbons (Fsp3) is 0.957. The molecular formula is C23H47NO2. The summed E-state index contributed by atoms with van der Waals surface area (Å²) in [7, 11) is 0. The van der Waals surface area contributed by atoms with Gasteiger partial charge in [-0.25, -0.2) is 0 Å². The quantitative estimate of drug-likeness (QED) is 0.227. The highest BCUT2D eigenvalue weighted by Crippen LogP contribution is 2.14. The normalized spacial score (nSPS) is 13.0. The number of esters is 1. The van der Waals surface area contributed by atoms with E-state index < -0.39 is 5.60 Å². The number of ether oxygens (including phenoxy) is 1. The zero-order valence-corrected chi connectivity index (χ0v) is 18.5. The average Bonchev–Trinajstić information content (AvgIpc) is 2.56. The van der Waals surface area contributed by atoms with Crippen LogP contribution >= 0.6 is 0 Å². The summed E-state index contributed by atoms with van der Waals surface area (Å²) in [5, 5.41) is 3.47. The Kier molecular flexibility index (Phi) is 16.2. The molecule has 0 aliphatic heterocycles. The van der Waals surface area contributed by atoms with Crippen LogP contribution < -0.4 is 5.32 Å². The first-order valence-corrected chi connectivity index (χ1v) is 11.4. The molecule has 0 spiro atoms. The van der Waals surface area contributed by atoms with Crippen molar-refractivity contribution in [2.75, 3.05) is 6.54 Å². The van der Waals surface area contributed by atoms with E-state index in [-0.39, 0.29) is 12.0 Å². The first-order chi connectivity index (χ1) is 12.4. The summed E-state index contributed by atoms with van der Waals surface area (Å²) in [6, 6.07) is -0.138. The molecule has 0 aromatic heterocycles. The fourth-order valence-corrected chi connectivity index (χ4v) is 3.16. The number of rotatable bonds is 17. The first-order valence-electron chi connectivity index (χ1n) is 11.4. The number of carbonyl (C=O) groups is 1. The van der Waals surface area contributed by atoms with Gasteiger partial charge < -0.3 is 10.1 Å². The fourth-order valence-electron chi connectivity index (χ4n) is 3.16. The minimum Gasteiger partial charge on any atom is -0.459 e. The van der Waals surface area contributed by atoms with E-state index in [1.807, 2.05) is 20.8 Å². The van der Waals surface area contributed by atoms with Gasteiger partial charge in [0.25, 0.3) is 0 Å². The van der Waals surface area contributed by atoms with Gasteiger partial charge >= 0.3 is 5.97 Å². The van der Waals surface area contributed by atoms with E-state index in [9.17, 15) is 4.79 Å². The SMILES string of the molecule is CCCCCCCCCC(NCCCCCCCC)C(=O)OC(C)(C)C. The molecule has 0 heterocycles. The smallest absolute Gasteiger partial charge is 0.323 e. The Balaban J connectivity index is 4.07. The summed E-state index contributed by atoms with van der Waals surface area (Å²) in [5.74, 6) is -0.0746. The van der Waals surface area contributed by atoms with Crippen LogP contribution in [0.4, 0.5) is 0 Å². The predicted molar refractivity (Wildman–Crippen MR) is 114 cm³/mol. The lowest BCUT2D eigenvalue weighted by molar-refractivity contribution is -0.157. The Hall–Kier alpha value is -0.570. The van der Waals surface area contributed by atoms with Gasteiger partial charge in [-0.3, -0.25) is 4.79 Å². The Morgan fingerprint density at radius 3 is 1.73 bits per heavy atom. The van der Waals surface area contributed by atoms with Crippen molar-refractivity contribution < 1.29 is 9.53 Å². The van der Waals surface area contributed by atoms with Gasteiger partial charge in [-0.2, -0.15) is 0 Å². The van der Waals surface area contributed by atoms with Crippen LogP contribution in [0.3, 0.4) is 0 Å². The third-order valence-electron chi connectivity index (χ3n) is 4.71. The molecule has 3 heteroatoms. The van der Waals surface area contributed by atoms with E-state index in [2.05, 4.69) is 19.2 Å². The maximum absolute atomic E-state index is 12.5. The van der Waals surface area contributed by atoms with Crippen molar-refractivity contribution in [2.24, 2.45) is 0 Å². The molecule has 0 aromatic rings. The number of carbonyl (C=O) groups excluding carboxylic acids is 1. The number of hydrogen-bond donors (Lipinski definition) is 1. The number of unbranched alkanes of at least 4 members (excludes halogenated alkanes) is 11. The van der Waals surface area contributed by atoms with Crippen LogP contribution in [0.1, 0.15) is 125 Å². The van der Waals surface area contributed by atoms with Crippen molar-refractivity contribution in [1.29, 1.82) is 0 Å². The molecule has 0 saturated carbocycles. The molecule has 156 valence electrons. The van der Waals surface area contributed by atoms with Gasteiger partial charge in [-0.05, 0) is 40.2 Å². The Labute approximate surface area is 164 Å². The summed E-state index contributed by atoms with van der Waals surface area (Å²) < 4.78 is 5.62. The lowest BCUT2D eigenvalue weighted by Gasteiger charge is -2.24. The highest BCUT2D eigenvalue weighted by molar-refractivity contribution is 5.76. The summed E-state index contributed by atoms with van der Waals surface area (Å²) in [4.78, 5) is 12.5. The number of nitrogens with one attached hydrogen (secondary N) is 1. The molecule has 0 saturated heterocycles. The van der Waals surface area contributed by atoms with Gasteiger partial charge in [0, 0.05) is 0 Å². The summed E-state index contributed by atoms with van der Waals surface area (Å²) in [6.07, 6.45) is 17.5. The lowest BCUT2D eigenvalue weighted by atomic mass is 10.0. The molecule has 0 fully saturated rings. The van der Waals surface area contributed by atoms with Crippen LogP contribution in [-0.4, -0.2) is 24.2 Å². The van der Waals surface area contributed by atoms with Crippen molar-refractivity contribution >= 4 is 5.97 Å². The van der Waals surface area contributed by atoms with Gasteiger partial charge in [0.1, 0.15) is 11.6 Å². The summed E-state index contributed by atoms with van der Waals surface area (Å²) in [5.41, 5.74) is -0.405. The van der Waals surface area contributed by atoms with Crippen LogP contribution in [-0.2, 0) is 9.53 Å². The standard InChI is InChI=1S/C23H47NO2/c1-6-8-10-12-14-15-17-19-21(22(25)26-23(3,4)5)24-20-18-16-13-11-9-7-2/h21,24H,6-20H2,1-5H3. The maximum atomic E-state index is 12.5. The van der Waals surface area contributed by atoms with Gasteiger partial charge in [-0.15, -0.1) is 0 Å². The maximum Gasteiger partial charge on any atom is 0.323 e. The Morgan fingerprint density at radius 2 is 1.23 bits per heavy atom. The molecule has 0 aromatic carbocycles. The monoisotopic (exact) mass is 369 g/mol. The highest BCUT2D eigenvalue weighted by Gasteiger charge is 2.24. The molecule has 0 aliphatic rings. The highest BCUT2D eigenvalue weighted by atomic mass is 16.6. The first kappa shape index (κ1) is 25.4. The van der Waals surface area contributed by atoms with E-state index in [1.165, 1.54) is 70.6 Å². The number of hydrogen-bond acceptors (Lipinski definition) is 3. The van der Waals surface area contributed by atoms with Crippen molar-refractivity contribution in [3.63, 3.8) is 0 Å². The second kappa shape index (κ2) is 16.6. The third kappa shape index (κ3) is 16.9. The van der Waals surface area contributed by atoms with E-state index in [4.69, 9.17) is 4.74 Å². The minimum atomic E-state index is -0.405. The molecule has 0 bridgehead atoms. The van der Waals surface area contributed by atoms with Crippen LogP contribution in [0, 0.1) is 0 Å². The molecule has 0 radical (unpaired) electrons.